The van der Waals surface area contributed by atoms with Gasteiger partial charge in [0.1, 0.15) is 5.82 Å². The number of aromatic nitrogens is 2. The van der Waals surface area contributed by atoms with E-state index < -0.39 is 0 Å². The lowest BCUT2D eigenvalue weighted by Gasteiger charge is -2.10. The number of nitrogens with one attached hydrogen (secondary N) is 1. The fourth-order valence-electron chi connectivity index (χ4n) is 2.03. The third-order valence-corrected chi connectivity index (χ3v) is 3.68. The Morgan fingerprint density at radius 3 is 2.75 bits per heavy atom. The van der Waals surface area contributed by atoms with Crippen molar-refractivity contribution in [2.24, 2.45) is 0 Å². The molecule has 1 aromatic heterocycles. The Bertz CT molecular complexity index is 758. The normalized spacial score (nSPS) is 10.7. The molecule has 2 aromatic carbocycles. The molecule has 0 radical (unpaired) electrons. The molecule has 3 aromatic rings. The molecule has 4 nitrogen and oxygen atoms in total. The van der Waals surface area contributed by atoms with Crippen LogP contribution in [0.1, 0.15) is 0 Å². The third-order valence-electron chi connectivity index (χ3n) is 2.95. The molecule has 0 fully saturated rings. The number of benzene rings is 2. The van der Waals surface area contributed by atoms with Crippen LogP contribution in [-0.2, 0) is 0 Å². The van der Waals surface area contributed by atoms with Gasteiger partial charge in [0.15, 0.2) is 0 Å². The summed E-state index contributed by atoms with van der Waals surface area (Å²) in [6.45, 7) is 0. The highest BCUT2D eigenvalue weighted by Crippen LogP contribution is 2.26. The molecule has 0 saturated heterocycles. The standard InChI is InChI=1S/C15H14N4S/c1-20-11-6-4-5-10(9-11)17-14-12-7-2-3-8-13(12)18-15(16)19-14/h2-9H,1H3,(H3,16,17,18,19). The molecule has 0 aliphatic carbocycles. The monoisotopic (exact) mass is 282 g/mol. The Balaban J connectivity index is 2.05. The van der Waals surface area contributed by atoms with E-state index in [-0.39, 0.29) is 5.95 Å². The maximum atomic E-state index is 5.77. The number of thioether (sulfide) groups is 1. The Labute approximate surface area is 121 Å². The molecule has 0 aliphatic rings. The summed E-state index contributed by atoms with van der Waals surface area (Å²) in [5.74, 6) is 0.999. The van der Waals surface area contributed by atoms with Gasteiger partial charge in [0.25, 0.3) is 0 Å². The highest BCUT2D eigenvalue weighted by Gasteiger charge is 2.06. The van der Waals surface area contributed by atoms with Crippen LogP contribution in [0.4, 0.5) is 17.5 Å². The lowest BCUT2D eigenvalue weighted by molar-refractivity contribution is 1.23. The first-order valence-electron chi connectivity index (χ1n) is 6.19. The fraction of sp³-hybridized carbons (Fsp3) is 0.0667. The van der Waals surface area contributed by atoms with E-state index in [4.69, 9.17) is 5.73 Å². The summed E-state index contributed by atoms with van der Waals surface area (Å²) in [4.78, 5) is 9.73. The van der Waals surface area contributed by atoms with Gasteiger partial charge in [-0.05, 0) is 36.6 Å². The van der Waals surface area contributed by atoms with Crippen molar-refractivity contribution in [3.8, 4) is 0 Å². The first kappa shape index (κ1) is 12.7. The number of rotatable bonds is 3. The van der Waals surface area contributed by atoms with E-state index in [1.54, 1.807) is 11.8 Å². The molecule has 3 N–H and O–H groups in total. The van der Waals surface area contributed by atoms with Gasteiger partial charge in [0.05, 0.1) is 5.52 Å². The van der Waals surface area contributed by atoms with Crippen molar-refractivity contribution in [2.75, 3.05) is 17.3 Å². The molecule has 3 rings (SSSR count). The Hall–Kier alpha value is -2.27. The van der Waals surface area contributed by atoms with Gasteiger partial charge >= 0.3 is 0 Å². The van der Waals surface area contributed by atoms with E-state index in [1.807, 2.05) is 36.4 Å². The summed E-state index contributed by atoms with van der Waals surface area (Å²) < 4.78 is 0. The highest BCUT2D eigenvalue weighted by molar-refractivity contribution is 7.98. The zero-order valence-electron chi connectivity index (χ0n) is 11.0. The molecule has 0 saturated carbocycles. The minimum Gasteiger partial charge on any atom is -0.368 e. The number of hydrogen-bond acceptors (Lipinski definition) is 5. The second kappa shape index (κ2) is 5.38. The maximum Gasteiger partial charge on any atom is 0.222 e. The van der Waals surface area contributed by atoms with Crippen LogP contribution in [0.5, 0.6) is 0 Å². The Morgan fingerprint density at radius 2 is 1.90 bits per heavy atom. The number of nitrogens with two attached hydrogens (primary N) is 1. The van der Waals surface area contributed by atoms with E-state index >= 15 is 0 Å². The van der Waals surface area contributed by atoms with Crippen molar-refractivity contribution in [2.45, 2.75) is 4.90 Å². The molecule has 0 atom stereocenters. The molecule has 100 valence electrons. The van der Waals surface area contributed by atoms with Gasteiger partial charge in [0.2, 0.25) is 5.95 Å². The average molecular weight is 282 g/mol. The first-order valence-corrected chi connectivity index (χ1v) is 7.42. The van der Waals surface area contributed by atoms with E-state index in [9.17, 15) is 0 Å². The number of anilines is 3. The SMILES string of the molecule is CSc1cccc(Nc2nc(N)nc3ccccc23)c1. The van der Waals surface area contributed by atoms with Gasteiger partial charge in [-0.3, -0.25) is 0 Å². The van der Waals surface area contributed by atoms with Gasteiger partial charge in [-0.25, -0.2) is 4.98 Å². The number of hydrogen-bond donors (Lipinski definition) is 2. The van der Waals surface area contributed by atoms with Gasteiger partial charge in [0, 0.05) is 16.0 Å². The molecule has 5 heteroatoms. The molecular weight excluding hydrogens is 268 g/mol. The summed E-state index contributed by atoms with van der Waals surface area (Å²) in [7, 11) is 0. The molecule has 0 spiro atoms. The Kier molecular flexibility index (Phi) is 3.43. The second-order valence-corrected chi connectivity index (χ2v) is 5.18. The predicted molar refractivity (Wildman–Crippen MR) is 85.5 cm³/mol. The molecule has 1 heterocycles. The quantitative estimate of drug-likeness (QED) is 0.717. The molecule has 20 heavy (non-hydrogen) atoms. The van der Waals surface area contributed by atoms with Crippen molar-refractivity contribution in [1.29, 1.82) is 0 Å². The van der Waals surface area contributed by atoms with Crippen LogP contribution in [0.3, 0.4) is 0 Å². The number of fused-ring (bicyclic) bond motifs is 1. The van der Waals surface area contributed by atoms with Crippen LogP contribution < -0.4 is 11.1 Å². The topological polar surface area (TPSA) is 63.8 Å². The molecular formula is C15H14N4S. The lowest BCUT2D eigenvalue weighted by atomic mass is 10.2. The molecule has 0 bridgehead atoms. The fourth-order valence-corrected chi connectivity index (χ4v) is 2.49. The molecule has 0 unspecified atom stereocenters. The summed E-state index contributed by atoms with van der Waals surface area (Å²) in [5, 5.41) is 4.27. The van der Waals surface area contributed by atoms with Crippen LogP contribution in [0, 0.1) is 0 Å². The summed E-state index contributed by atoms with van der Waals surface area (Å²) in [6, 6.07) is 16.0. The zero-order valence-corrected chi connectivity index (χ0v) is 11.8. The van der Waals surface area contributed by atoms with E-state index in [2.05, 4.69) is 33.7 Å². The summed E-state index contributed by atoms with van der Waals surface area (Å²) in [5.41, 5.74) is 7.59. The average Bonchev–Trinajstić information content (AvgIpc) is 2.47. The minimum absolute atomic E-state index is 0.271. The lowest BCUT2D eigenvalue weighted by Crippen LogP contribution is -2.01. The highest BCUT2D eigenvalue weighted by atomic mass is 32.2. The molecule has 0 aliphatic heterocycles. The summed E-state index contributed by atoms with van der Waals surface area (Å²) >= 11 is 1.70. The van der Waals surface area contributed by atoms with Gasteiger partial charge in [-0.2, -0.15) is 4.98 Å². The van der Waals surface area contributed by atoms with Crippen LogP contribution in [0.15, 0.2) is 53.4 Å². The zero-order chi connectivity index (χ0) is 13.9. The minimum atomic E-state index is 0.271. The van der Waals surface area contributed by atoms with Crippen molar-refractivity contribution < 1.29 is 0 Å². The number of para-hydroxylation sites is 1. The van der Waals surface area contributed by atoms with Crippen LogP contribution in [-0.4, -0.2) is 16.2 Å². The number of nitrogens with zero attached hydrogens (tertiary/aromatic N) is 2. The van der Waals surface area contributed by atoms with E-state index in [1.165, 1.54) is 4.90 Å². The maximum absolute atomic E-state index is 5.77. The van der Waals surface area contributed by atoms with Crippen molar-refractivity contribution >= 4 is 40.1 Å². The Morgan fingerprint density at radius 1 is 1.05 bits per heavy atom. The molecule has 0 amide bonds. The van der Waals surface area contributed by atoms with Crippen molar-refractivity contribution in [1.82, 2.24) is 9.97 Å². The second-order valence-electron chi connectivity index (χ2n) is 4.30. The largest absolute Gasteiger partial charge is 0.368 e. The smallest absolute Gasteiger partial charge is 0.222 e. The van der Waals surface area contributed by atoms with Crippen molar-refractivity contribution in [3.05, 3.63) is 48.5 Å². The third kappa shape index (κ3) is 2.53. The van der Waals surface area contributed by atoms with E-state index in [0.717, 1.165) is 22.4 Å². The van der Waals surface area contributed by atoms with Crippen molar-refractivity contribution in [3.63, 3.8) is 0 Å². The summed E-state index contributed by atoms with van der Waals surface area (Å²) in [6.07, 6.45) is 2.05. The van der Waals surface area contributed by atoms with Gasteiger partial charge in [-0.15, -0.1) is 11.8 Å². The first-order chi connectivity index (χ1) is 9.76. The number of nitrogen functional groups attached to an aromatic ring is 1. The van der Waals surface area contributed by atoms with Crippen LogP contribution >= 0.6 is 11.8 Å². The van der Waals surface area contributed by atoms with Gasteiger partial charge < -0.3 is 11.1 Å². The van der Waals surface area contributed by atoms with E-state index in [0.29, 0.717) is 0 Å². The predicted octanol–water partition coefficient (Wildman–Crippen LogP) is 3.68. The van der Waals surface area contributed by atoms with Crippen LogP contribution in [0.25, 0.3) is 10.9 Å². The van der Waals surface area contributed by atoms with Crippen LogP contribution in [0.2, 0.25) is 0 Å². The van der Waals surface area contributed by atoms with Gasteiger partial charge in [-0.1, -0.05) is 18.2 Å².